The summed E-state index contributed by atoms with van der Waals surface area (Å²) in [5, 5.41) is 13.1. The molecule has 24 heavy (non-hydrogen) atoms. The smallest absolute Gasteiger partial charge is 0.256 e. The number of benzene rings is 1. The molecule has 3 rings (SSSR count). The van der Waals surface area contributed by atoms with Crippen molar-refractivity contribution in [2.24, 2.45) is 5.92 Å². The van der Waals surface area contributed by atoms with Gasteiger partial charge in [-0.15, -0.1) is 11.3 Å². The Balaban J connectivity index is 1.81. The van der Waals surface area contributed by atoms with Crippen molar-refractivity contribution in [2.75, 3.05) is 11.9 Å². The zero-order valence-corrected chi connectivity index (χ0v) is 14.7. The number of hydrogen-bond acceptors (Lipinski definition) is 4. The highest BCUT2D eigenvalue weighted by molar-refractivity contribution is 7.16. The molecular weight excluding hydrogens is 320 g/mol. The Morgan fingerprint density at radius 2 is 2.17 bits per heavy atom. The van der Waals surface area contributed by atoms with Gasteiger partial charge in [0.1, 0.15) is 16.8 Å². The van der Waals surface area contributed by atoms with E-state index in [0.29, 0.717) is 28.7 Å². The first-order valence-corrected chi connectivity index (χ1v) is 9.02. The predicted molar refractivity (Wildman–Crippen MR) is 95.8 cm³/mol. The molecule has 1 N–H and O–H groups in total. The number of aryl methyl sites for hydroxylation is 1. The van der Waals surface area contributed by atoms with Crippen LogP contribution in [-0.4, -0.2) is 12.5 Å². The van der Waals surface area contributed by atoms with Gasteiger partial charge in [0, 0.05) is 10.4 Å². The summed E-state index contributed by atoms with van der Waals surface area (Å²) >= 11 is 1.54. The van der Waals surface area contributed by atoms with Crippen LogP contribution in [0.15, 0.2) is 24.3 Å². The molecule has 0 spiro atoms. The molecule has 0 bridgehead atoms. The van der Waals surface area contributed by atoms with Crippen LogP contribution in [0.1, 0.15) is 46.6 Å². The zero-order valence-electron chi connectivity index (χ0n) is 13.9. The van der Waals surface area contributed by atoms with Crippen LogP contribution in [0.5, 0.6) is 5.75 Å². The van der Waals surface area contributed by atoms with Crippen molar-refractivity contribution in [3.8, 4) is 11.8 Å². The minimum Gasteiger partial charge on any atom is -0.494 e. The molecule has 1 aliphatic rings. The molecule has 1 aromatic heterocycles. The SMILES string of the molecule is CCOc1ccc(C(=O)Nc2sc3c(c2C#N)C[C@@H](C)CC3)cc1. The van der Waals surface area contributed by atoms with Crippen LogP contribution in [0.2, 0.25) is 0 Å². The highest BCUT2D eigenvalue weighted by Gasteiger charge is 2.24. The highest BCUT2D eigenvalue weighted by Crippen LogP contribution is 2.39. The third-order valence-electron chi connectivity index (χ3n) is 4.27. The second kappa shape index (κ2) is 7.06. The molecule has 124 valence electrons. The van der Waals surface area contributed by atoms with Crippen LogP contribution in [-0.2, 0) is 12.8 Å². The topological polar surface area (TPSA) is 62.1 Å². The molecule has 1 aliphatic carbocycles. The van der Waals surface area contributed by atoms with E-state index in [4.69, 9.17) is 4.74 Å². The van der Waals surface area contributed by atoms with Gasteiger partial charge in [0.15, 0.2) is 0 Å². The summed E-state index contributed by atoms with van der Waals surface area (Å²) in [6.07, 6.45) is 3.06. The summed E-state index contributed by atoms with van der Waals surface area (Å²) in [6.45, 7) is 4.72. The second-order valence-corrected chi connectivity index (χ2v) is 7.18. The minimum absolute atomic E-state index is 0.193. The molecule has 1 heterocycles. The normalized spacial score (nSPS) is 16.1. The Morgan fingerprint density at radius 3 is 2.83 bits per heavy atom. The molecule has 1 amide bonds. The average Bonchev–Trinajstić information content (AvgIpc) is 2.92. The Kier molecular flexibility index (Phi) is 4.86. The van der Waals surface area contributed by atoms with E-state index >= 15 is 0 Å². The number of nitrogens with zero attached hydrogens (tertiary/aromatic N) is 1. The van der Waals surface area contributed by atoms with E-state index in [1.807, 2.05) is 6.92 Å². The van der Waals surface area contributed by atoms with Gasteiger partial charge in [0.2, 0.25) is 0 Å². The molecule has 0 radical (unpaired) electrons. The number of rotatable bonds is 4. The first kappa shape index (κ1) is 16.5. The van der Waals surface area contributed by atoms with Gasteiger partial charge in [-0.05, 0) is 61.9 Å². The van der Waals surface area contributed by atoms with Crippen LogP contribution in [0.3, 0.4) is 0 Å². The lowest BCUT2D eigenvalue weighted by molar-refractivity contribution is 0.102. The largest absolute Gasteiger partial charge is 0.494 e. The van der Waals surface area contributed by atoms with Crippen molar-refractivity contribution in [1.82, 2.24) is 0 Å². The maximum absolute atomic E-state index is 12.5. The van der Waals surface area contributed by atoms with Gasteiger partial charge in [-0.1, -0.05) is 6.92 Å². The van der Waals surface area contributed by atoms with Crippen LogP contribution >= 0.6 is 11.3 Å². The fourth-order valence-electron chi connectivity index (χ4n) is 3.01. The number of fused-ring (bicyclic) bond motifs is 1. The van der Waals surface area contributed by atoms with Gasteiger partial charge in [0.25, 0.3) is 5.91 Å². The number of anilines is 1. The molecule has 0 saturated heterocycles. The summed E-state index contributed by atoms with van der Waals surface area (Å²) in [7, 11) is 0. The lowest BCUT2D eigenvalue weighted by Gasteiger charge is -2.17. The Hall–Kier alpha value is -2.32. The van der Waals surface area contributed by atoms with Gasteiger partial charge in [0.05, 0.1) is 12.2 Å². The maximum atomic E-state index is 12.5. The fraction of sp³-hybridized carbons (Fsp3) is 0.368. The van der Waals surface area contributed by atoms with Crippen LogP contribution in [0, 0.1) is 17.2 Å². The van der Waals surface area contributed by atoms with Crippen molar-refractivity contribution in [3.05, 3.63) is 45.8 Å². The third-order valence-corrected chi connectivity index (χ3v) is 5.48. The molecule has 1 atom stereocenters. The summed E-state index contributed by atoms with van der Waals surface area (Å²) < 4.78 is 5.39. The number of nitrogens with one attached hydrogen (secondary N) is 1. The summed E-state index contributed by atoms with van der Waals surface area (Å²) in [6, 6.07) is 9.32. The molecule has 2 aromatic rings. The van der Waals surface area contributed by atoms with E-state index in [9.17, 15) is 10.1 Å². The van der Waals surface area contributed by atoms with E-state index in [2.05, 4.69) is 18.3 Å². The number of nitriles is 1. The molecule has 0 saturated carbocycles. The van der Waals surface area contributed by atoms with Crippen LogP contribution in [0.25, 0.3) is 0 Å². The number of carbonyl (C=O) groups is 1. The minimum atomic E-state index is -0.193. The molecular formula is C19H20N2O2S. The Labute approximate surface area is 146 Å². The number of amides is 1. The van der Waals surface area contributed by atoms with Crippen molar-refractivity contribution in [3.63, 3.8) is 0 Å². The summed E-state index contributed by atoms with van der Waals surface area (Å²) in [4.78, 5) is 13.7. The van der Waals surface area contributed by atoms with Crippen LogP contribution in [0.4, 0.5) is 5.00 Å². The third kappa shape index (κ3) is 3.29. The summed E-state index contributed by atoms with van der Waals surface area (Å²) in [5.41, 5.74) is 2.33. The number of hydrogen-bond donors (Lipinski definition) is 1. The van der Waals surface area contributed by atoms with E-state index in [1.54, 1.807) is 35.6 Å². The number of carbonyl (C=O) groups excluding carboxylic acids is 1. The molecule has 4 nitrogen and oxygen atoms in total. The standard InChI is InChI=1S/C19H20N2O2S/c1-3-23-14-7-5-13(6-8-14)18(22)21-19-16(11-20)15-10-12(2)4-9-17(15)24-19/h5-8,12H,3-4,9-10H2,1-2H3,(H,21,22)/t12-/m0/s1. The second-order valence-electron chi connectivity index (χ2n) is 6.08. The number of ether oxygens (including phenoxy) is 1. The van der Waals surface area contributed by atoms with E-state index < -0.39 is 0 Å². The molecule has 0 fully saturated rings. The van der Waals surface area contributed by atoms with E-state index in [1.165, 1.54) is 4.88 Å². The average molecular weight is 340 g/mol. The van der Waals surface area contributed by atoms with Gasteiger partial charge in [-0.3, -0.25) is 4.79 Å². The molecule has 0 aliphatic heterocycles. The monoisotopic (exact) mass is 340 g/mol. The molecule has 5 heteroatoms. The lowest BCUT2D eigenvalue weighted by atomic mass is 9.88. The van der Waals surface area contributed by atoms with E-state index in [0.717, 1.165) is 30.6 Å². The first-order chi connectivity index (χ1) is 11.6. The zero-order chi connectivity index (χ0) is 17.1. The Morgan fingerprint density at radius 1 is 1.42 bits per heavy atom. The quantitative estimate of drug-likeness (QED) is 0.897. The van der Waals surface area contributed by atoms with Crippen molar-refractivity contribution < 1.29 is 9.53 Å². The van der Waals surface area contributed by atoms with Gasteiger partial charge >= 0.3 is 0 Å². The summed E-state index contributed by atoms with van der Waals surface area (Å²) in [5.74, 6) is 1.14. The molecule has 1 aromatic carbocycles. The van der Waals surface area contributed by atoms with Crippen molar-refractivity contribution in [2.45, 2.75) is 33.1 Å². The Bertz CT molecular complexity index is 787. The van der Waals surface area contributed by atoms with Gasteiger partial charge in [-0.25, -0.2) is 0 Å². The highest BCUT2D eigenvalue weighted by atomic mass is 32.1. The van der Waals surface area contributed by atoms with E-state index in [-0.39, 0.29) is 5.91 Å². The molecule has 0 unspecified atom stereocenters. The number of thiophene rings is 1. The fourth-order valence-corrected chi connectivity index (χ4v) is 4.20. The predicted octanol–water partition coefficient (Wildman–Crippen LogP) is 4.40. The van der Waals surface area contributed by atoms with Crippen molar-refractivity contribution in [1.29, 1.82) is 5.26 Å². The maximum Gasteiger partial charge on any atom is 0.256 e. The van der Waals surface area contributed by atoms with Gasteiger partial charge < -0.3 is 10.1 Å². The van der Waals surface area contributed by atoms with Crippen LogP contribution < -0.4 is 10.1 Å². The lowest BCUT2D eigenvalue weighted by Crippen LogP contribution is -2.12. The van der Waals surface area contributed by atoms with Crippen molar-refractivity contribution >= 4 is 22.2 Å². The first-order valence-electron chi connectivity index (χ1n) is 8.21. The van der Waals surface area contributed by atoms with Gasteiger partial charge in [-0.2, -0.15) is 5.26 Å².